The van der Waals surface area contributed by atoms with Crippen LogP contribution in [0.1, 0.15) is 67.1 Å². The van der Waals surface area contributed by atoms with Crippen LogP contribution < -0.4 is 14.8 Å². The van der Waals surface area contributed by atoms with E-state index in [1.807, 2.05) is 43.3 Å². The van der Waals surface area contributed by atoms with Gasteiger partial charge in [-0.25, -0.2) is 0 Å². The van der Waals surface area contributed by atoms with E-state index >= 15 is 0 Å². The Balaban J connectivity index is 1.11. The number of aldehydes is 1. The van der Waals surface area contributed by atoms with Crippen LogP contribution in [0.2, 0.25) is 0 Å². The second-order valence-corrected chi connectivity index (χ2v) is 12.7. The molecule has 236 valence electrons. The monoisotopic (exact) mass is 606 g/mol. The molecule has 1 N–H and O–H groups in total. The summed E-state index contributed by atoms with van der Waals surface area (Å²) in [6, 6.07) is 23.4. The van der Waals surface area contributed by atoms with Gasteiger partial charge >= 0.3 is 0 Å². The van der Waals surface area contributed by atoms with E-state index in [4.69, 9.17) is 14.5 Å². The van der Waals surface area contributed by atoms with Gasteiger partial charge in [0.25, 0.3) is 0 Å². The first kappa shape index (κ1) is 32.2. The number of aliphatic imine (C=N–C) groups is 2. The summed E-state index contributed by atoms with van der Waals surface area (Å²) in [4.78, 5) is 22.2. The molecule has 0 atom stereocenters. The fourth-order valence-corrected chi connectivity index (χ4v) is 5.97. The summed E-state index contributed by atoms with van der Waals surface area (Å²) < 4.78 is 12.4. The van der Waals surface area contributed by atoms with Gasteiger partial charge in [0.1, 0.15) is 30.5 Å². The van der Waals surface area contributed by atoms with Crippen molar-refractivity contribution < 1.29 is 14.3 Å². The lowest BCUT2D eigenvalue weighted by Crippen LogP contribution is -2.50. The number of hydrogen-bond donors (Lipinski definition) is 1. The van der Waals surface area contributed by atoms with E-state index in [0.29, 0.717) is 18.7 Å². The molecular weight excluding hydrogens is 560 g/mol. The number of rotatable bonds is 15. The number of nitrogens with zero attached hydrogens (tertiary/aromatic N) is 3. The Morgan fingerprint density at radius 2 is 1.69 bits per heavy atom. The van der Waals surface area contributed by atoms with Crippen LogP contribution in [-0.2, 0) is 5.41 Å². The molecule has 0 radical (unpaired) electrons. The Labute approximate surface area is 268 Å². The summed E-state index contributed by atoms with van der Waals surface area (Å²) in [5.41, 5.74) is 5.90. The molecule has 1 aliphatic carbocycles. The molecule has 0 unspecified atom stereocenters. The lowest BCUT2D eigenvalue weighted by molar-refractivity contribution is 0.108. The van der Waals surface area contributed by atoms with Gasteiger partial charge in [0.2, 0.25) is 0 Å². The molecule has 1 heterocycles. The maximum atomic E-state index is 11.1. The number of carbonyl (C=O) groups is 1. The Hall–Kier alpha value is -4.23. The third kappa shape index (κ3) is 8.28. The summed E-state index contributed by atoms with van der Waals surface area (Å²) in [7, 11) is 0. The first-order valence-corrected chi connectivity index (χ1v) is 16.0. The highest BCUT2D eigenvalue weighted by molar-refractivity contribution is 5.96. The standard InChI is InChI=1S/C38H46N4O3/c1-6-19-42-23-34(24-42)41-32(17-18-39-5)26-44-35-13-8-29(9-14-35)38(3,4)30-10-15-36(16-11-30)45-37-21-33(22-37)40-31-12-7-28(25-43)27(2)20-31/h7-18,20,25,33-34,37,40H,5-6,19,21-24,26H2,1-4H3/b18-17-,41-32+/t33-,37+. The van der Waals surface area contributed by atoms with Gasteiger partial charge in [-0.15, -0.1) is 0 Å². The quantitative estimate of drug-likeness (QED) is 0.145. The van der Waals surface area contributed by atoms with Gasteiger partial charge in [0.05, 0.1) is 11.8 Å². The van der Waals surface area contributed by atoms with Crippen molar-refractivity contribution >= 4 is 24.4 Å². The number of ether oxygens (including phenoxy) is 2. The topological polar surface area (TPSA) is 75.5 Å². The third-order valence-electron chi connectivity index (χ3n) is 8.90. The number of anilines is 1. The molecule has 7 nitrogen and oxygen atoms in total. The first-order chi connectivity index (χ1) is 21.8. The summed E-state index contributed by atoms with van der Waals surface area (Å²) in [5, 5.41) is 3.55. The van der Waals surface area contributed by atoms with E-state index in [9.17, 15) is 4.79 Å². The minimum Gasteiger partial charge on any atom is -0.490 e. The summed E-state index contributed by atoms with van der Waals surface area (Å²) in [6.07, 6.45) is 7.72. The van der Waals surface area contributed by atoms with Crippen molar-refractivity contribution in [2.75, 3.05) is 31.6 Å². The van der Waals surface area contributed by atoms with Gasteiger partial charge in [-0.1, -0.05) is 45.0 Å². The van der Waals surface area contributed by atoms with Crippen LogP contribution in [0.15, 0.2) is 89.0 Å². The molecule has 0 spiro atoms. The van der Waals surface area contributed by atoms with Crippen molar-refractivity contribution in [2.24, 2.45) is 9.98 Å². The molecule has 7 heteroatoms. The molecule has 3 aromatic rings. The Morgan fingerprint density at radius 3 is 2.29 bits per heavy atom. The highest BCUT2D eigenvalue weighted by atomic mass is 16.5. The lowest BCUT2D eigenvalue weighted by Gasteiger charge is -2.36. The second kappa shape index (κ2) is 14.7. The van der Waals surface area contributed by atoms with E-state index in [-0.39, 0.29) is 11.5 Å². The second-order valence-electron chi connectivity index (χ2n) is 12.7. The molecule has 45 heavy (non-hydrogen) atoms. The molecule has 2 fully saturated rings. The van der Waals surface area contributed by atoms with Crippen molar-refractivity contribution in [2.45, 2.75) is 70.6 Å². The summed E-state index contributed by atoms with van der Waals surface area (Å²) in [5.74, 6) is 1.71. The van der Waals surface area contributed by atoms with Gasteiger partial charge in [0, 0.05) is 54.8 Å². The number of hydrogen-bond acceptors (Lipinski definition) is 7. The fourth-order valence-electron chi connectivity index (χ4n) is 5.97. The van der Waals surface area contributed by atoms with Crippen LogP contribution in [0.25, 0.3) is 0 Å². The molecule has 0 amide bonds. The molecule has 5 rings (SSSR count). The van der Waals surface area contributed by atoms with Crippen molar-refractivity contribution in [3.63, 3.8) is 0 Å². The van der Waals surface area contributed by atoms with Crippen LogP contribution in [0, 0.1) is 6.92 Å². The van der Waals surface area contributed by atoms with Gasteiger partial charge in [-0.05, 0) is 91.8 Å². The van der Waals surface area contributed by atoms with Crippen molar-refractivity contribution in [1.82, 2.24) is 4.90 Å². The zero-order chi connectivity index (χ0) is 31.8. The number of likely N-dealkylation sites (tertiary alicyclic amines) is 1. The zero-order valence-corrected chi connectivity index (χ0v) is 27.0. The van der Waals surface area contributed by atoms with Crippen LogP contribution in [0.4, 0.5) is 5.69 Å². The molecule has 3 aromatic carbocycles. The smallest absolute Gasteiger partial charge is 0.150 e. The molecule has 2 aliphatic rings. The Bertz CT molecular complexity index is 1500. The zero-order valence-electron chi connectivity index (χ0n) is 27.0. The molecule has 1 saturated carbocycles. The van der Waals surface area contributed by atoms with Crippen molar-refractivity contribution in [3.05, 3.63) is 101 Å². The van der Waals surface area contributed by atoms with Gasteiger partial charge in [0.15, 0.2) is 0 Å². The van der Waals surface area contributed by atoms with Gasteiger partial charge in [-0.2, -0.15) is 0 Å². The van der Waals surface area contributed by atoms with E-state index in [0.717, 1.165) is 72.8 Å². The number of carbonyl (C=O) groups excluding carboxylic acids is 1. The van der Waals surface area contributed by atoms with Crippen molar-refractivity contribution in [1.29, 1.82) is 0 Å². The van der Waals surface area contributed by atoms with E-state index in [1.165, 1.54) is 17.5 Å². The van der Waals surface area contributed by atoms with E-state index in [2.05, 4.69) is 79.1 Å². The fraction of sp³-hybridized carbons (Fsp3) is 0.395. The van der Waals surface area contributed by atoms with Gasteiger partial charge < -0.3 is 14.8 Å². The average Bonchev–Trinajstić information content (AvgIpc) is 3.00. The van der Waals surface area contributed by atoms with Gasteiger partial charge in [-0.3, -0.25) is 19.7 Å². The first-order valence-electron chi connectivity index (χ1n) is 16.0. The summed E-state index contributed by atoms with van der Waals surface area (Å²) >= 11 is 0. The normalized spacial score (nSPS) is 19.1. The Morgan fingerprint density at radius 1 is 1.02 bits per heavy atom. The molecular formula is C38H46N4O3. The Kier molecular flexibility index (Phi) is 10.5. The van der Waals surface area contributed by atoms with Crippen LogP contribution in [0.3, 0.4) is 0 Å². The number of benzene rings is 3. The van der Waals surface area contributed by atoms with Crippen molar-refractivity contribution in [3.8, 4) is 11.5 Å². The lowest BCUT2D eigenvalue weighted by atomic mass is 9.78. The molecule has 1 saturated heterocycles. The minimum atomic E-state index is -0.181. The average molecular weight is 607 g/mol. The highest BCUT2D eigenvalue weighted by Crippen LogP contribution is 2.35. The number of aryl methyl sites for hydroxylation is 1. The maximum Gasteiger partial charge on any atom is 0.150 e. The largest absolute Gasteiger partial charge is 0.490 e. The van der Waals surface area contributed by atoms with Crippen LogP contribution in [-0.4, -0.2) is 68.0 Å². The predicted octanol–water partition coefficient (Wildman–Crippen LogP) is 7.28. The molecule has 0 bridgehead atoms. The van der Waals surface area contributed by atoms with Crippen LogP contribution >= 0.6 is 0 Å². The SMILES string of the molecule is C=N/C=C\C(COc1ccc(C(C)(C)c2ccc(O[C@H]3C[C@@H](Nc4ccc(C=O)c(C)c4)C3)cc2)cc1)=N/C1CN(CCC)C1. The highest BCUT2D eigenvalue weighted by Gasteiger charge is 2.31. The molecule has 0 aromatic heterocycles. The maximum absolute atomic E-state index is 11.1. The minimum absolute atomic E-state index is 0.181. The predicted molar refractivity (Wildman–Crippen MR) is 185 cm³/mol. The van der Waals surface area contributed by atoms with E-state index in [1.54, 1.807) is 6.20 Å². The third-order valence-corrected chi connectivity index (χ3v) is 8.90. The molecule has 1 aliphatic heterocycles. The summed E-state index contributed by atoms with van der Waals surface area (Å²) in [6.45, 7) is 15.7. The number of nitrogens with one attached hydrogen (secondary N) is 1. The van der Waals surface area contributed by atoms with Crippen LogP contribution in [0.5, 0.6) is 11.5 Å². The van der Waals surface area contributed by atoms with E-state index < -0.39 is 0 Å².